The zero-order chi connectivity index (χ0) is 10.4. The minimum absolute atomic E-state index is 0.893. The van der Waals surface area contributed by atoms with Crippen LogP contribution in [0.25, 0.3) is 0 Å². The van der Waals surface area contributed by atoms with Crippen LogP contribution < -0.4 is 0 Å². The van der Waals surface area contributed by atoms with Crippen LogP contribution in [-0.2, 0) is 12.8 Å². The maximum atomic E-state index is 2.34. The number of benzene rings is 1. The largest absolute Gasteiger partial charge is 0.0656 e. The third-order valence-electron chi connectivity index (χ3n) is 2.59. The zero-order valence-electron chi connectivity index (χ0n) is 9.72. The van der Waals surface area contributed by atoms with Gasteiger partial charge in [0, 0.05) is 0 Å². The standard InChI is InChI=1S/C11H14.C3H8/c1-9-6-7-10-4-2-3-5-11(10)8-9;1-3-2/h2-5,9H,6-8H2,1H3;3H2,1-2H3. The number of hydrogen-bond donors (Lipinski definition) is 0. The molecule has 1 unspecified atom stereocenters. The molecule has 0 aromatic heterocycles. The van der Waals surface area contributed by atoms with E-state index in [1.165, 1.54) is 25.7 Å². The van der Waals surface area contributed by atoms with Gasteiger partial charge < -0.3 is 0 Å². The molecule has 1 aromatic carbocycles. The number of hydrogen-bond acceptors (Lipinski definition) is 0. The Morgan fingerprint density at radius 1 is 1.14 bits per heavy atom. The molecule has 0 saturated carbocycles. The van der Waals surface area contributed by atoms with Crippen molar-refractivity contribution in [3.8, 4) is 0 Å². The Labute approximate surface area is 88.4 Å². The number of rotatable bonds is 0. The van der Waals surface area contributed by atoms with Gasteiger partial charge in [0.15, 0.2) is 0 Å². The Balaban J connectivity index is 0.000000293. The molecule has 0 spiro atoms. The fourth-order valence-corrected chi connectivity index (χ4v) is 1.88. The molecule has 0 amide bonds. The molecule has 0 fully saturated rings. The lowest BCUT2D eigenvalue weighted by Gasteiger charge is -2.20. The second kappa shape index (κ2) is 5.85. The summed E-state index contributed by atoms with van der Waals surface area (Å²) in [7, 11) is 0. The van der Waals surface area contributed by atoms with Crippen LogP contribution in [-0.4, -0.2) is 0 Å². The van der Waals surface area contributed by atoms with Crippen LogP contribution in [0.3, 0.4) is 0 Å². The van der Waals surface area contributed by atoms with Gasteiger partial charge in [-0.25, -0.2) is 0 Å². The molecular weight excluding hydrogens is 168 g/mol. The highest BCUT2D eigenvalue weighted by Crippen LogP contribution is 2.24. The van der Waals surface area contributed by atoms with Gasteiger partial charge in [0.1, 0.15) is 0 Å². The molecule has 1 aliphatic rings. The van der Waals surface area contributed by atoms with Crippen LogP contribution in [0.2, 0.25) is 0 Å². The summed E-state index contributed by atoms with van der Waals surface area (Å²) in [6.45, 7) is 6.59. The average molecular weight is 190 g/mol. The van der Waals surface area contributed by atoms with Crippen LogP contribution in [0.4, 0.5) is 0 Å². The van der Waals surface area contributed by atoms with E-state index >= 15 is 0 Å². The van der Waals surface area contributed by atoms with E-state index in [1.807, 2.05) is 0 Å². The van der Waals surface area contributed by atoms with E-state index in [4.69, 9.17) is 0 Å². The van der Waals surface area contributed by atoms with Crippen molar-refractivity contribution in [2.75, 3.05) is 0 Å². The SMILES string of the molecule is CC1CCc2ccccc2C1.CCC. The van der Waals surface area contributed by atoms with E-state index in [0.717, 1.165) is 5.92 Å². The number of aryl methyl sites for hydroxylation is 1. The van der Waals surface area contributed by atoms with Crippen molar-refractivity contribution in [1.29, 1.82) is 0 Å². The Morgan fingerprint density at radius 2 is 1.71 bits per heavy atom. The van der Waals surface area contributed by atoms with Crippen LogP contribution in [0.1, 0.15) is 44.7 Å². The van der Waals surface area contributed by atoms with Gasteiger partial charge in [-0.2, -0.15) is 0 Å². The summed E-state index contributed by atoms with van der Waals surface area (Å²) in [5.74, 6) is 0.893. The van der Waals surface area contributed by atoms with E-state index in [-0.39, 0.29) is 0 Å². The Morgan fingerprint density at radius 3 is 2.36 bits per heavy atom. The maximum absolute atomic E-state index is 2.34. The average Bonchev–Trinajstić information content (AvgIpc) is 2.19. The van der Waals surface area contributed by atoms with E-state index in [9.17, 15) is 0 Å². The first-order valence-corrected chi connectivity index (χ1v) is 5.84. The van der Waals surface area contributed by atoms with E-state index in [2.05, 4.69) is 45.0 Å². The zero-order valence-corrected chi connectivity index (χ0v) is 9.72. The summed E-state index contributed by atoms with van der Waals surface area (Å²) < 4.78 is 0. The summed E-state index contributed by atoms with van der Waals surface area (Å²) >= 11 is 0. The monoisotopic (exact) mass is 190 g/mol. The molecule has 14 heavy (non-hydrogen) atoms. The molecule has 2 rings (SSSR count). The van der Waals surface area contributed by atoms with Crippen molar-refractivity contribution in [1.82, 2.24) is 0 Å². The minimum atomic E-state index is 0.893. The molecule has 0 heteroatoms. The second-order valence-electron chi connectivity index (χ2n) is 4.32. The maximum Gasteiger partial charge on any atom is -0.0250 e. The molecule has 78 valence electrons. The summed E-state index contributed by atoms with van der Waals surface area (Å²) in [6, 6.07) is 8.83. The van der Waals surface area contributed by atoms with Crippen molar-refractivity contribution in [3.05, 3.63) is 35.4 Å². The van der Waals surface area contributed by atoms with Gasteiger partial charge in [0.25, 0.3) is 0 Å². The van der Waals surface area contributed by atoms with Crippen molar-refractivity contribution >= 4 is 0 Å². The van der Waals surface area contributed by atoms with E-state index < -0.39 is 0 Å². The Kier molecular flexibility index (Phi) is 4.72. The van der Waals surface area contributed by atoms with Crippen LogP contribution in [0.5, 0.6) is 0 Å². The van der Waals surface area contributed by atoms with Gasteiger partial charge >= 0.3 is 0 Å². The first-order valence-electron chi connectivity index (χ1n) is 5.84. The lowest BCUT2D eigenvalue weighted by molar-refractivity contribution is 0.501. The predicted octanol–water partition coefficient (Wildman–Crippen LogP) is 4.23. The summed E-state index contributed by atoms with van der Waals surface area (Å²) in [5, 5.41) is 0. The highest BCUT2D eigenvalue weighted by Gasteiger charge is 2.13. The fourth-order valence-electron chi connectivity index (χ4n) is 1.88. The molecule has 0 radical (unpaired) electrons. The van der Waals surface area contributed by atoms with E-state index in [0.29, 0.717) is 0 Å². The van der Waals surface area contributed by atoms with Crippen molar-refractivity contribution in [3.63, 3.8) is 0 Å². The van der Waals surface area contributed by atoms with Gasteiger partial charge in [-0.15, -0.1) is 0 Å². The lowest BCUT2D eigenvalue weighted by atomic mass is 9.85. The topological polar surface area (TPSA) is 0 Å². The van der Waals surface area contributed by atoms with Crippen molar-refractivity contribution in [2.24, 2.45) is 5.92 Å². The van der Waals surface area contributed by atoms with Crippen molar-refractivity contribution < 1.29 is 0 Å². The Hall–Kier alpha value is -0.780. The molecule has 0 saturated heterocycles. The van der Waals surface area contributed by atoms with Gasteiger partial charge in [0.2, 0.25) is 0 Å². The fraction of sp³-hybridized carbons (Fsp3) is 0.571. The van der Waals surface area contributed by atoms with Gasteiger partial charge in [-0.1, -0.05) is 51.5 Å². The third-order valence-corrected chi connectivity index (χ3v) is 2.59. The summed E-state index contributed by atoms with van der Waals surface area (Å²) in [6.07, 6.45) is 5.20. The van der Waals surface area contributed by atoms with Crippen molar-refractivity contribution in [2.45, 2.75) is 46.5 Å². The molecule has 1 aromatic rings. The molecule has 0 nitrogen and oxygen atoms in total. The second-order valence-corrected chi connectivity index (χ2v) is 4.32. The molecule has 0 heterocycles. The highest BCUT2D eigenvalue weighted by molar-refractivity contribution is 5.29. The van der Waals surface area contributed by atoms with Crippen LogP contribution >= 0.6 is 0 Å². The summed E-state index contributed by atoms with van der Waals surface area (Å²) in [4.78, 5) is 0. The highest BCUT2D eigenvalue weighted by atomic mass is 14.2. The Bertz CT molecular complexity index is 262. The van der Waals surface area contributed by atoms with Gasteiger partial charge in [-0.3, -0.25) is 0 Å². The first kappa shape index (κ1) is 11.3. The minimum Gasteiger partial charge on any atom is -0.0656 e. The molecule has 1 atom stereocenters. The molecular formula is C14H22. The predicted molar refractivity (Wildman–Crippen MR) is 63.6 cm³/mol. The smallest absolute Gasteiger partial charge is 0.0250 e. The number of fused-ring (bicyclic) bond motifs is 1. The van der Waals surface area contributed by atoms with Gasteiger partial charge in [-0.05, 0) is 36.3 Å². The summed E-state index contributed by atoms with van der Waals surface area (Å²) in [5.41, 5.74) is 3.15. The molecule has 0 N–H and O–H groups in total. The lowest BCUT2D eigenvalue weighted by Crippen LogP contribution is -2.10. The van der Waals surface area contributed by atoms with Gasteiger partial charge in [0.05, 0.1) is 0 Å². The first-order chi connectivity index (χ1) is 6.77. The van der Waals surface area contributed by atoms with Crippen LogP contribution in [0, 0.1) is 5.92 Å². The molecule has 0 aliphatic heterocycles. The van der Waals surface area contributed by atoms with E-state index in [1.54, 1.807) is 11.1 Å². The normalized spacial score (nSPS) is 19.2. The molecule has 0 bridgehead atoms. The quantitative estimate of drug-likeness (QED) is 0.574. The third kappa shape index (κ3) is 3.17. The molecule has 1 aliphatic carbocycles. The van der Waals surface area contributed by atoms with Crippen LogP contribution in [0.15, 0.2) is 24.3 Å².